The molecule has 0 spiro atoms. The van der Waals surface area contributed by atoms with Crippen LogP contribution in [0.5, 0.6) is 0 Å². The second-order valence-electron chi connectivity index (χ2n) is 4.99. The lowest BCUT2D eigenvalue weighted by Crippen LogP contribution is -2.29. The smallest absolute Gasteiger partial charge is 0.241 e. The van der Waals surface area contributed by atoms with Gasteiger partial charge in [-0.15, -0.1) is 11.3 Å². The molecule has 0 unspecified atom stereocenters. The van der Waals surface area contributed by atoms with E-state index >= 15 is 0 Å². The molecule has 0 saturated carbocycles. The topological polar surface area (TPSA) is 58.2 Å². The lowest BCUT2D eigenvalue weighted by Gasteiger charge is -2.11. The standard InChI is InChI=1S/C12H22N2O2S2/c1-9(2)7-14-18(15,16)12-5-6-17-11(12)8-13-10(3)4/h5-6,9-10,13-14H,7-8H2,1-4H3. The number of sulfonamides is 1. The van der Waals surface area contributed by atoms with Crippen molar-refractivity contribution in [3.05, 3.63) is 16.3 Å². The first kappa shape index (κ1) is 15.6. The fraction of sp³-hybridized carbons (Fsp3) is 0.667. The van der Waals surface area contributed by atoms with Gasteiger partial charge in [-0.2, -0.15) is 0 Å². The lowest BCUT2D eigenvalue weighted by atomic mass is 10.2. The fourth-order valence-corrected chi connectivity index (χ4v) is 3.95. The Morgan fingerprint density at radius 1 is 1.28 bits per heavy atom. The zero-order valence-corrected chi connectivity index (χ0v) is 13.0. The maximum absolute atomic E-state index is 12.1. The maximum atomic E-state index is 12.1. The molecule has 2 N–H and O–H groups in total. The van der Waals surface area contributed by atoms with Gasteiger partial charge >= 0.3 is 0 Å². The minimum atomic E-state index is -3.37. The third-order valence-electron chi connectivity index (χ3n) is 2.35. The van der Waals surface area contributed by atoms with E-state index in [-0.39, 0.29) is 0 Å². The fourth-order valence-electron chi connectivity index (χ4n) is 1.35. The van der Waals surface area contributed by atoms with Crippen molar-refractivity contribution in [2.24, 2.45) is 5.92 Å². The van der Waals surface area contributed by atoms with Crippen molar-refractivity contribution in [1.29, 1.82) is 0 Å². The Bertz CT molecular complexity index is 464. The number of rotatable bonds is 7. The summed E-state index contributed by atoms with van der Waals surface area (Å²) in [4.78, 5) is 1.27. The van der Waals surface area contributed by atoms with Gasteiger partial charge in [-0.1, -0.05) is 27.7 Å². The van der Waals surface area contributed by atoms with E-state index in [0.717, 1.165) is 4.88 Å². The van der Waals surface area contributed by atoms with Gasteiger partial charge in [0.1, 0.15) is 0 Å². The minimum absolute atomic E-state index is 0.302. The third-order valence-corrected chi connectivity index (χ3v) is 4.90. The molecule has 0 aliphatic heterocycles. The summed E-state index contributed by atoms with van der Waals surface area (Å²) in [5.74, 6) is 0.302. The number of thiophene rings is 1. The molecule has 6 heteroatoms. The Balaban J connectivity index is 2.79. The van der Waals surface area contributed by atoms with Crippen LogP contribution in [0, 0.1) is 5.92 Å². The van der Waals surface area contributed by atoms with E-state index in [1.54, 1.807) is 6.07 Å². The molecule has 0 aliphatic carbocycles. The van der Waals surface area contributed by atoms with E-state index in [4.69, 9.17) is 0 Å². The van der Waals surface area contributed by atoms with Gasteiger partial charge in [0.15, 0.2) is 0 Å². The predicted molar refractivity (Wildman–Crippen MR) is 76.3 cm³/mol. The molecular formula is C12H22N2O2S2. The van der Waals surface area contributed by atoms with Crippen LogP contribution in [0.4, 0.5) is 0 Å². The first-order valence-electron chi connectivity index (χ1n) is 6.12. The monoisotopic (exact) mass is 290 g/mol. The van der Waals surface area contributed by atoms with E-state index in [1.807, 2.05) is 33.1 Å². The van der Waals surface area contributed by atoms with Gasteiger partial charge < -0.3 is 5.32 Å². The molecule has 0 amide bonds. The van der Waals surface area contributed by atoms with Crippen molar-refractivity contribution in [3.8, 4) is 0 Å². The summed E-state index contributed by atoms with van der Waals surface area (Å²) in [7, 11) is -3.37. The summed E-state index contributed by atoms with van der Waals surface area (Å²) in [5.41, 5.74) is 0. The molecule has 18 heavy (non-hydrogen) atoms. The molecule has 0 saturated heterocycles. The highest BCUT2D eigenvalue weighted by molar-refractivity contribution is 7.89. The lowest BCUT2D eigenvalue weighted by molar-refractivity contribution is 0.555. The molecule has 0 radical (unpaired) electrons. The van der Waals surface area contributed by atoms with Crippen LogP contribution in [-0.2, 0) is 16.6 Å². The summed E-state index contributed by atoms with van der Waals surface area (Å²) < 4.78 is 26.9. The van der Waals surface area contributed by atoms with Crippen LogP contribution in [0.1, 0.15) is 32.6 Å². The molecule has 1 rings (SSSR count). The van der Waals surface area contributed by atoms with Crippen LogP contribution in [-0.4, -0.2) is 21.0 Å². The summed E-state index contributed by atoms with van der Waals surface area (Å²) in [6.07, 6.45) is 0. The van der Waals surface area contributed by atoms with E-state index in [1.165, 1.54) is 11.3 Å². The molecule has 1 aromatic rings. The normalized spacial score (nSPS) is 12.6. The summed E-state index contributed by atoms with van der Waals surface area (Å²) in [6, 6.07) is 2.01. The second-order valence-corrected chi connectivity index (χ2v) is 7.73. The van der Waals surface area contributed by atoms with Gasteiger partial charge in [-0.3, -0.25) is 0 Å². The highest BCUT2D eigenvalue weighted by Gasteiger charge is 2.19. The molecule has 0 atom stereocenters. The molecule has 0 aromatic carbocycles. The number of hydrogen-bond donors (Lipinski definition) is 2. The van der Waals surface area contributed by atoms with Crippen molar-refractivity contribution < 1.29 is 8.42 Å². The van der Waals surface area contributed by atoms with Gasteiger partial charge in [0.2, 0.25) is 10.0 Å². The molecule has 4 nitrogen and oxygen atoms in total. The molecular weight excluding hydrogens is 268 g/mol. The number of nitrogens with one attached hydrogen (secondary N) is 2. The highest BCUT2D eigenvalue weighted by Crippen LogP contribution is 2.21. The Morgan fingerprint density at radius 2 is 1.94 bits per heavy atom. The first-order chi connectivity index (χ1) is 8.33. The van der Waals surface area contributed by atoms with Gasteiger partial charge in [0.05, 0.1) is 4.90 Å². The van der Waals surface area contributed by atoms with Crippen LogP contribution in [0.15, 0.2) is 16.3 Å². The second kappa shape index (κ2) is 6.65. The molecule has 1 heterocycles. The molecule has 104 valence electrons. The zero-order chi connectivity index (χ0) is 13.8. The maximum Gasteiger partial charge on any atom is 0.241 e. The average molecular weight is 290 g/mol. The van der Waals surface area contributed by atoms with Crippen LogP contribution >= 0.6 is 11.3 Å². The van der Waals surface area contributed by atoms with E-state index in [9.17, 15) is 8.42 Å². The van der Waals surface area contributed by atoms with Crippen molar-refractivity contribution in [1.82, 2.24) is 10.0 Å². The van der Waals surface area contributed by atoms with Crippen LogP contribution in [0.3, 0.4) is 0 Å². The van der Waals surface area contributed by atoms with Crippen LogP contribution < -0.4 is 10.0 Å². The van der Waals surface area contributed by atoms with Gasteiger partial charge in [0.25, 0.3) is 0 Å². The molecule has 0 bridgehead atoms. The van der Waals surface area contributed by atoms with E-state index < -0.39 is 10.0 Å². The van der Waals surface area contributed by atoms with E-state index in [2.05, 4.69) is 10.0 Å². The third kappa shape index (κ3) is 4.68. The Kier molecular flexibility index (Phi) is 5.78. The Morgan fingerprint density at radius 3 is 2.50 bits per heavy atom. The summed E-state index contributed by atoms with van der Waals surface area (Å²) in [6.45, 7) is 9.11. The van der Waals surface area contributed by atoms with Crippen molar-refractivity contribution in [2.45, 2.75) is 45.2 Å². The zero-order valence-electron chi connectivity index (χ0n) is 11.4. The van der Waals surface area contributed by atoms with Crippen LogP contribution in [0.2, 0.25) is 0 Å². The van der Waals surface area contributed by atoms with Gasteiger partial charge in [-0.05, 0) is 17.4 Å². The SMILES string of the molecule is CC(C)CNS(=O)(=O)c1ccsc1CNC(C)C. The Hall–Kier alpha value is -0.430. The predicted octanol–water partition coefficient (Wildman–Crippen LogP) is 2.18. The largest absolute Gasteiger partial charge is 0.310 e. The van der Waals surface area contributed by atoms with Crippen molar-refractivity contribution >= 4 is 21.4 Å². The number of hydrogen-bond acceptors (Lipinski definition) is 4. The quantitative estimate of drug-likeness (QED) is 0.809. The summed E-state index contributed by atoms with van der Waals surface area (Å²) in [5, 5.41) is 5.06. The van der Waals surface area contributed by atoms with Gasteiger partial charge in [-0.25, -0.2) is 13.1 Å². The molecule has 1 aromatic heterocycles. The summed E-state index contributed by atoms with van der Waals surface area (Å²) >= 11 is 1.47. The van der Waals surface area contributed by atoms with E-state index in [0.29, 0.717) is 29.9 Å². The van der Waals surface area contributed by atoms with Crippen molar-refractivity contribution in [2.75, 3.05) is 6.54 Å². The molecule has 0 fully saturated rings. The first-order valence-corrected chi connectivity index (χ1v) is 8.48. The molecule has 0 aliphatic rings. The van der Waals surface area contributed by atoms with Crippen LogP contribution in [0.25, 0.3) is 0 Å². The highest BCUT2D eigenvalue weighted by atomic mass is 32.2. The Labute approximate surface area is 114 Å². The average Bonchev–Trinajstić information content (AvgIpc) is 2.72. The van der Waals surface area contributed by atoms with Crippen molar-refractivity contribution in [3.63, 3.8) is 0 Å². The minimum Gasteiger partial charge on any atom is -0.310 e. The van der Waals surface area contributed by atoms with Gasteiger partial charge in [0, 0.05) is 24.0 Å².